The van der Waals surface area contributed by atoms with Gasteiger partial charge in [0.1, 0.15) is 0 Å². The molecule has 0 radical (unpaired) electrons. The fourth-order valence-corrected chi connectivity index (χ4v) is 6.64. The number of likely N-dealkylation sites (tertiary alicyclic amines) is 1. The van der Waals surface area contributed by atoms with E-state index in [1.54, 1.807) is 12.1 Å². The van der Waals surface area contributed by atoms with Gasteiger partial charge >= 0.3 is 0 Å². The molecule has 1 aliphatic heterocycles. The fourth-order valence-electron chi connectivity index (χ4n) is 6.09. The Kier molecular flexibility index (Phi) is 7.81. The highest BCUT2D eigenvalue weighted by molar-refractivity contribution is 7.89. The summed E-state index contributed by atoms with van der Waals surface area (Å²) in [5, 5.41) is 13.6. The molecule has 4 heterocycles. The van der Waals surface area contributed by atoms with E-state index in [0.717, 1.165) is 77.2 Å². The van der Waals surface area contributed by atoms with Gasteiger partial charge in [0.15, 0.2) is 11.3 Å². The number of nitrogens with two attached hydrogens (primary N) is 1. The average Bonchev–Trinajstić information content (AvgIpc) is 3.46. The minimum atomic E-state index is -3.84. The number of anilines is 1. The summed E-state index contributed by atoms with van der Waals surface area (Å²) in [5.74, 6) is -0.251. The third kappa shape index (κ3) is 6.12. The van der Waals surface area contributed by atoms with Crippen molar-refractivity contribution in [2.24, 2.45) is 11.1 Å². The number of sulfonamides is 1. The van der Waals surface area contributed by atoms with Crippen LogP contribution in [-0.2, 0) is 21.4 Å². The summed E-state index contributed by atoms with van der Waals surface area (Å²) in [6, 6.07) is 28.9. The van der Waals surface area contributed by atoms with Crippen LogP contribution in [0.2, 0.25) is 0 Å². The molecule has 3 aromatic heterocycles. The predicted molar refractivity (Wildman–Crippen MR) is 178 cm³/mol. The van der Waals surface area contributed by atoms with Crippen molar-refractivity contribution in [2.45, 2.75) is 31.2 Å². The molecule has 0 saturated carbocycles. The zero-order chi connectivity index (χ0) is 31.8. The number of aryl methyl sites for hydroxylation is 1. The van der Waals surface area contributed by atoms with Gasteiger partial charge in [-0.3, -0.25) is 9.69 Å². The topological polar surface area (TPSA) is 136 Å². The van der Waals surface area contributed by atoms with Crippen molar-refractivity contribution in [3.63, 3.8) is 0 Å². The van der Waals surface area contributed by atoms with Gasteiger partial charge in [0.05, 0.1) is 16.3 Å². The number of carbonyl (C=O) groups excluding carboxylic acids is 1. The summed E-state index contributed by atoms with van der Waals surface area (Å²) in [5.41, 5.74) is 8.04. The predicted octanol–water partition coefficient (Wildman–Crippen LogP) is 5.42. The lowest BCUT2D eigenvalue weighted by Crippen LogP contribution is -2.37. The highest BCUT2D eigenvalue weighted by Gasteiger charge is 2.25. The number of piperidine rings is 1. The standard InChI is InChI=1S/C35H33N7O3S/c1-23-18-32-37-21-28-19-31(25-6-3-2-4-7-25)33(39-34(28)42(32)40-23)26-12-10-24(11-13-26)22-41-16-14-27(15-17-41)35(43)38-29-8-5-9-30(20-29)46(36,44)45/h2-13,18-21,27H,14-17,22H2,1H3,(H,38,43)(H2,36,44,45). The van der Waals surface area contributed by atoms with E-state index in [-0.39, 0.29) is 16.7 Å². The van der Waals surface area contributed by atoms with Crippen LogP contribution >= 0.6 is 0 Å². The van der Waals surface area contributed by atoms with Gasteiger partial charge in [-0.1, -0.05) is 60.7 Å². The van der Waals surface area contributed by atoms with Crippen molar-refractivity contribution < 1.29 is 13.2 Å². The smallest absolute Gasteiger partial charge is 0.238 e. The van der Waals surface area contributed by atoms with Crippen molar-refractivity contribution >= 4 is 38.3 Å². The van der Waals surface area contributed by atoms with Crippen molar-refractivity contribution in [2.75, 3.05) is 18.4 Å². The number of aromatic nitrogens is 4. The fraction of sp³-hybridized carbons (Fsp3) is 0.200. The lowest BCUT2D eigenvalue weighted by Gasteiger charge is -2.31. The van der Waals surface area contributed by atoms with E-state index in [9.17, 15) is 13.2 Å². The maximum Gasteiger partial charge on any atom is 0.238 e. The van der Waals surface area contributed by atoms with E-state index >= 15 is 0 Å². The van der Waals surface area contributed by atoms with Crippen molar-refractivity contribution in [1.29, 1.82) is 0 Å². The summed E-state index contributed by atoms with van der Waals surface area (Å²) in [6.45, 7) is 4.30. The molecule has 3 aromatic carbocycles. The van der Waals surface area contributed by atoms with Crippen molar-refractivity contribution in [3.05, 3.63) is 108 Å². The first-order valence-corrected chi connectivity index (χ1v) is 16.7. The number of benzene rings is 3. The number of hydrogen-bond acceptors (Lipinski definition) is 7. The number of primary sulfonamides is 1. The van der Waals surface area contributed by atoms with Crippen LogP contribution in [0.3, 0.4) is 0 Å². The maximum absolute atomic E-state index is 12.9. The molecular weight excluding hydrogens is 598 g/mol. The summed E-state index contributed by atoms with van der Waals surface area (Å²) >= 11 is 0. The molecule has 0 bridgehead atoms. The van der Waals surface area contributed by atoms with E-state index < -0.39 is 10.0 Å². The van der Waals surface area contributed by atoms with Gasteiger partial charge < -0.3 is 5.32 Å². The van der Waals surface area contributed by atoms with E-state index in [2.05, 4.69) is 62.8 Å². The number of nitrogens with zero attached hydrogens (tertiary/aromatic N) is 5. The Morgan fingerprint density at radius 2 is 1.70 bits per heavy atom. The zero-order valence-electron chi connectivity index (χ0n) is 25.3. The maximum atomic E-state index is 12.9. The normalized spacial score (nSPS) is 14.6. The molecule has 1 saturated heterocycles. The Morgan fingerprint density at radius 1 is 0.935 bits per heavy atom. The van der Waals surface area contributed by atoms with Crippen LogP contribution in [0.4, 0.5) is 5.69 Å². The van der Waals surface area contributed by atoms with E-state index in [1.807, 2.05) is 41.9 Å². The monoisotopic (exact) mass is 631 g/mol. The van der Waals surface area contributed by atoms with E-state index in [4.69, 9.17) is 10.1 Å². The summed E-state index contributed by atoms with van der Waals surface area (Å²) in [7, 11) is -3.84. The van der Waals surface area contributed by atoms with Crippen LogP contribution in [-0.4, -0.2) is 51.9 Å². The van der Waals surface area contributed by atoms with Gasteiger partial charge in [-0.05, 0) is 68.2 Å². The Bertz CT molecular complexity index is 2170. The minimum absolute atomic E-state index is 0.0265. The highest BCUT2D eigenvalue weighted by Crippen LogP contribution is 2.34. The lowest BCUT2D eigenvalue weighted by atomic mass is 9.95. The average molecular weight is 632 g/mol. The Balaban J connectivity index is 1.06. The molecule has 10 nitrogen and oxygen atoms in total. The van der Waals surface area contributed by atoms with Crippen molar-refractivity contribution in [3.8, 4) is 22.4 Å². The Hall–Kier alpha value is -4.97. The third-order valence-electron chi connectivity index (χ3n) is 8.49. The van der Waals surface area contributed by atoms with Crippen LogP contribution in [0.5, 0.6) is 0 Å². The Labute approximate surface area is 267 Å². The van der Waals surface area contributed by atoms with E-state index in [1.165, 1.54) is 17.7 Å². The number of rotatable bonds is 7. The van der Waals surface area contributed by atoms with Crippen LogP contribution in [0.25, 0.3) is 39.1 Å². The van der Waals surface area contributed by atoms with Gasteiger partial charge in [0, 0.05) is 46.9 Å². The summed E-state index contributed by atoms with van der Waals surface area (Å²) < 4.78 is 25.1. The van der Waals surface area contributed by atoms with Crippen LogP contribution in [0.15, 0.2) is 102 Å². The van der Waals surface area contributed by atoms with Crippen LogP contribution in [0, 0.1) is 12.8 Å². The first-order chi connectivity index (χ1) is 22.2. The molecule has 0 spiro atoms. The molecule has 46 heavy (non-hydrogen) atoms. The third-order valence-corrected chi connectivity index (χ3v) is 9.40. The van der Waals surface area contributed by atoms with E-state index in [0.29, 0.717) is 5.69 Å². The van der Waals surface area contributed by atoms with Gasteiger partial charge in [0.2, 0.25) is 15.9 Å². The molecule has 0 unspecified atom stereocenters. The second kappa shape index (κ2) is 12.1. The van der Waals surface area contributed by atoms with Crippen LogP contribution < -0.4 is 10.5 Å². The number of fused-ring (bicyclic) bond motifs is 3. The molecule has 232 valence electrons. The molecule has 0 atom stereocenters. The number of pyridine rings is 1. The molecular formula is C35H33N7O3S. The zero-order valence-corrected chi connectivity index (χ0v) is 26.1. The number of amides is 1. The van der Waals surface area contributed by atoms with Gasteiger partial charge in [0.25, 0.3) is 0 Å². The first-order valence-electron chi connectivity index (χ1n) is 15.2. The van der Waals surface area contributed by atoms with Crippen molar-refractivity contribution in [1.82, 2.24) is 24.5 Å². The van der Waals surface area contributed by atoms with Gasteiger partial charge in [-0.15, -0.1) is 0 Å². The molecule has 0 aliphatic carbocycles. The molecule has 6 aromatic rings. The molecule has 1 amide bonds. The second-order valence-corrected chi connectivity index (χ2v) is 13.3. The number of nitrogens with one attached hydrogen (secondary N) is 1. The molecule has 1 aliphatic rings. The van der Waals surface area contributed by atoms with Gasteiger partial charge in [-0.2, -0.15) is 9.61 Å². The first kappa shape index (κ1) is 29.7. The number of hydrogen-bond donors (Lipinski definition) is 2. The molecule has 11 heteroatoms. The molecule has 1 fully saturated rings. The SMILES string of the molecule is Cc1cc2ncc3cc(-c4ccccc4)c(-c4ccc(CN5CCC(C(=O)Nc6cccc(S(N)(=O)=O)c6)CC5)cc4)nc3n2n1. The highest BCUT2D eigenvalue weighted by atomic mass is 32.2. The molecule has 7 rings (SSSR count). The largest absolute Gasteiger partial charge is 0.326 e. The Morgan fingerprint density at radius 3 is 2.43 bits per heavy atom. The minimum Gasteiger partial charge on any atom is -0.326 e. The molecule has 3 N–H and O–H groups in total. The second-order valence-electron chi connectivity index (χ2n) is 11.8. The number of carbonyl (C=O) groups is 1. The quantitative estimate of drug-likeness (QED) is 0.240. The van der Waals surface area contributed by atoms with Gasteiger partial charge in [-0.25, -0.2) is 23.5 Å². The summed E-state index contributed by atoms with van der Waals surface area (Å²) in [6.07, 6.45) is 3.30. The summed E-state index contributed by atoms with van der Waals surface area (Å²) in [4.78, 5) is 25.0. The lowest BCUT2D eigenvalue weighted by molar-refractivity contribution is -0.121. The van der Waals surface area contributed by atoms with Crippen LogP contribution in [0.1, 0.15) is 24.1 Å².